The molecule has 7 N–H and O–H groups in total. The Morgan fingerprint density at radius 1 is 0.746 bits per heavy atom. The Morgan fingerprint density at radius 2 is 1.37 bits per heavy atom. The number of rotatable bonds is 16. The van der Waals surface area contributed by atoms with Gasteiger partial charge in [0.15, 0.2) is 0 Å². The second kappa shape index (κ2) is 19.2. The maximum Gasteiger partial charge on any atom is 0.405 e. The molecule has 59 heavy (non-hydrogen) atoms. The number of carbonyl (C=O) groups excluding carboxylic acids is 3. The maximum atomic E-state index is 14.5. The molecule has 5 atom stereocenters. The molecular weight excluding hydrogens is 747 g/mol. The van der Waals surface area contributed by atoms with Crippen LogP contribution >= 0.6 is 0 Å². The van der Waals surface area contributed by atoms with Crippen LogP contribution in [0.2, 0.25) is 0 Å². The highest BCUT2D eigenvalue weighted by Gasteiger charge is 2.44. The molecule has 13 heteroatoms. The number of benzene rings is 3. The highest BCUT2D eigenvalue weighted by Crippen LogP contribution is 2.30. The number of anilines is 1. The van der Waals surface area contributed by atoms with E-state index in [9.17, 15) is 29.4 Å². The lowest BCUT2D eigenvalue weighted by molar-refractivity contribution is -0.131. The predicted octanol–water partition coefficient (Wildman–Crippen LogP) is 5.87. The molecular formula is C46H59N7O6. The van der Waals surface area contributed by atoms with E-state index < -0.39 is 59.0 Å². The molecule has 0 unspecified atom stereocenters. The number of nitrogen functional groups attached to an aromatic ring is 1. The summed E-state index contributed by atoms with van der Waals surface area (Å²) in [5, 5.41) is 30.3. The normalized spacial score (nSPS) is 15.8. The van der Waals surface area contributed by atoms with Gasteiger partial charge in [0, 0.05) is 43.1 Å². The third kappa shape index (κ3) is 12.3. The average molecular weight is 806 g/mol. The fraction of sp³-hybridized carbons (Fsp3) is 0.413. The third-order valence-corrected chi connectivity index (χ3v) is 10.6. The molecule has 0 bridgehead atoms. The quantitative estimate of drug-likeness (QED) is 0.0758. The van der Waals surface area contributed by atoms with Crippen molar-refractivity contribution < 1.29 is 29.4 Å². The number of nitrogens with two attached hydrogens (primary N) is 1. The van der Waals surface area contributed by atoms with Gasteiger partial charge in [-0.15, -0.1) is 0 Å². The molecule has 1 aliphatic rings. The minimum Gasteiger partial charge on any atom is -0.465 e. The van der Waals surface area contributed by atoms with Gasteiger partial charge in [-0.25, -0.2) is 9.59 Å². The van der Waals surface area contributed by atoms with Gasteiger partial charge in [-0.2, -0.15) is 0 Å². The Bertz CT molecular complexity index is 2020. The molecule has 1 aliphatic heterocycles. The van der Waals surface area contributed by atoms with E-state index in [1.165, 1.54) is 0 Å². The SMILES string of the molecule is CC(C)(C)[C@H](NC(=O)O)C(=O)N[C@@H](Cc1ccc(-c2ccccn2)cc1)C[C@H](O)[C@H](Cc1ccccc1)NC(=O)[C@@H](N1CCN(Cc2ccc(N)cc2)C1=O)C(C)(C)C. The summed E-state index contributed by atoms with van der Waals surface area (Å²) in [7, 11) is 0. The molecule has 314 valence electrons. The van der Waals surface area contributed by atoms with Crippen LogP contribution in [0.4, 0.5) is 15.3 Å². The molecule has 1 aromatic heterocycles. The summed E-state index contributed by atoms with van der Waals surface area (Å²) < 4.78 is 0. The van der Waals surface area contributed by atoms with Crippen molar-refractivity contribution in [1.82, 2.24) is 30.7 Å². The first kappa shape index (κ1) is 44.2. The number of aliphatic hydroxyl groups excluding tert-OH is 1. The van der Waals surface area contributed by atoms with E-state index in [4.69, 9.17) is 5.73 Å². The zero-order valence-electron chi connectivity index (χ0n) is 34.9. The molecule has 2 heterocycles. The summed E-state index contributed by atoms with van der Waals surface area (Å²) in [6, 6.07) is 26.6. The first-order valence-electron chi connectivity index (χ1n) is 20.1. The van der Waals surface area contributed by atoms with Crippen molar-refractivity contribution in [1.29, 1.82) is 0 Å². The topological polar surface area (TPSA) is 190 Å². The fourth-order valence-electron chi connectivity index (χ4n) is 7.61. The number of carboxylic acid groups (broad SMARTS) is 1. The van der Waals surface area contributed by atoms with Crippen LogP contribution in [-0.2, 0) is 29.0 Å². The average Bonchev–Trinajstić information content (AvgIpc) is 3.52. The van der Waals surface area contributed by atoms with Crippen LogP contribution in [0.5, 0.6) is 0 Å². The lowest BCUT2D eigenvalue weighted by Gasteiger charge is -2.38. The number of aromatic nitrogens is 1. The molecule has 3 aromatic carbocycles. The molecule has 1 fully saturated rings. The number of pyridine rings is 1. The number of hydrogen-bond acceptors (Lipinski definition) is 7. The van der Waals surface area contributed by atoms with Crippen LogP contribution in [0.25, 0.3) is 11.3 Å². The fourth-order valence-corrected chi connectivity index (χ4v) is 7.61. The lowest BCUT2D eigenvalue weighted by Crippen LogP contribution is -2.59. The molecule has 0 aliphatic carbocycles. The van der Waals surface area contributed by atoms with Crippen molar-refractivity contribution in [2.24, 2.45) is 10.8 Å². The number of nitrogens with zero attached hydrogens (tertiary/aromatic N) is 3. The highest BCUT2D eigenvalue weighted by atomic mass is 16.4. The Labute approximate surface area is 347 Å². The maximum absolute atomic E-state index is 14.5. The number of hydrogen-bond donors (Lipinski definition) is 6. The summed E-state index contributed by atoms with van der Waals surface area (Å²) in [6.07, 6.45) is -0.180. The standard InChI is InChI=1S/C46H59N7O6/c1-45(2,3)39(51-43(57)58)41(55)49-35(26-31-15-19-33(20-16-31)36-14-10-11-23-48-36)28-38(54)37(27-30-12-8-7-9-13-30)50-42(56)40(46(4,5)6)53-25-24-52(44(53)59)29-32-17-21-34(47)22-18-32/h7-23,35,37-40,51,54H,24-29,47H2,1-6H3,(H,49,55)(H,50,56)(H,57,58)/t35-,37-,38-,39+,40+/m0/s1. The summed E-state index contributed by atoms with van der Waals surface area (Å²) in [6.45, 7) is 12.2. The monoisotopic (exact) mass is 805 g/mol. The van der Waals surface area contributed by atoms with Gasteiger partial charge in [0.2, 0.25) is 11.8 Å². The van der Waals surface area contributed by atoms with Crippen molar-refractivity contribution >= 4 is 29.6 Å². The van der Waals surface area contributed by atoms with E-state index in [1.54, 1.807) is 48.9 Å². The molecule has 0 radical (unpaired) electrons. The zero-order chi connectivity index (χ0) is 42.9. The van der Waals surface area contributed by atoms with E-state index >= 15 is 0 Å². The van der Waals surface area contributed by atoms with Gasteiger partial charge in [-0.05, 0) is 71.0 Å². The van der Waals surface area contributed by atoms with Gasteiger partial charge < -0.3 is 41.7 Å². The van der Waals surface area contributed by atoms with Crippen LogP contribution < -0.4 is 21.7 Å². The second-order valence-corrected chi connectivity index (χ2v) is 17.6. The Hall–Kier alpha value is -5.95. The molecule has 1 saturated heterocycles. The van der Waals surface area contributed by atoms with Gasteiger partial charge in [-0.1, -0.05) is 114 Å². The number of carbonyl (C=O) groups is 4. The van der Waals surface area contributed by atoms with Gasteiger partial charge in [-0.3, -0.25) is 14.6 Å². The minimum atomic E-state index is -1.33. The molecule has 5 rings (SSSR count). The Balaban J connectivity index is 1.41. The molecule has 0 saturated carbocycles. The van der Waals surface area contributed by atoms with Crippen molar-refractivity contribution in [2.75, 3.05) is 18.8 Å². The Morgan fingerprint density at radius 3 is 1.97 bits per heavy atom. The van der Waals surface area contributed by atoms with E-state index in [1.807, 2.05) is 106 Å². The number of aliphatic hydroxyl groups is 1. The molecule has 0 spiro atoms. The highest BCUT2D eigenvalue weighted by molar-refractivity contribution is 5.89. The molecule has 13 nitrogen and oxygen atoms in total. The van der Waals surface area contributed by atoms with Gasteiger partial charge >= 0.3 is 12.1 Å². The number of urea groups is 1. The second-order valence-electron chi connectivity index (χ2n) is 17.6. The summed E-state index contributed by atoms with van der Waals surface area (Å²) in [5.74, 6) is -0.931. The van der Waals surface area contributed by atoms with Gasteiger partial charge in [0.25, 0.3) is 0 Å². The molecule has 4 aromatic rings. The van der Waals surface area contributed by atoms with E-state index in [0.29, 0.717) is 31.7 Å². The van der Waals surface area contributed by atoms with Crippen molar-refractivity contribution in [3.63, 3.8) is 0 Å². The van der Waals surface area contributed by atoms with Gasteiger partial charge in [0.05, 0.1) is 17.8 Å². The predicted molar refractivity (Wildman–Crippen MR) is 229 cm³/mol. The van der Waals surface area contributed by atoms with E-state index in [-0.39, 0.29) is 18.9 Å². The first-order valence-corrected chi connectivity index (χ1v) is 20.1. The van der Waals surface area contributed by atoms with Crippen LogP contribution in [0.1, 0.15) is 64.7 Å². The summed E-state index contributed by atoms with van der Waals surface area (Å²) in [5.41, 5.74) is 9.46. The van der Waals surface area contributed by atoms with Crippen molar-refractivity contribution in [2.45, 2.75) is 97.6 Å². The smallest absolute Gasteiger partial charge is 0.405 e. The first-order chi connectivity index (χ1) is 27.9. The lowest BCUT2D eigenvalue weighted by atomic mass is 9.84. The van der Waals surface area contributed by atoms with Gasteiger partial charge in [0.1, 0.15) is 12.1 Å². The molecule has 5 amide bonds. The number of amides is 5. The van der Waals surface area contributed by atoms with Crippen LogP contribution in [0.15, 0.2) is 103 Å². The van der Waals surface area contributed by atoms with E-state index in [0.717, 1.165) is 27.9 Å². The Kier molecular flexibility index (Phi) is 14.4. The third-order valence-electron chi connectivity index (χ3n) is 10.6. The van der Waals surface area contributed by atoms with Crippen molar-refractivity contribution in [3.05, 3.63) is 120 Å². The number of nitrogens with one attached hydrogen (secondary N) is 3. The summed E-state index contributed by atoms with van der Waals surface area (Å²) in [4.78, 5) is 61.9. The van der Waals surface area contributed by atoms with E-state index in [2.05, 4.69) is 20.9 Å². The summed E-state index contributed by atoms with van der Waals surface area (Å²) >= 11 is 0. The minimum absolute atomic E-state index is 0.0215. The largest absolute Gasteiger partial charge is 0.465 e. The van der Waals surface area contributed by atoms with Crippen LogP contribution in [-0.4, -0.2) is 92.3 Å². The van der Waals surface area contributed by atoms with Crippen molar-refractivity contribution in [3.8, 4) is 11.3 Å². The van der Waals surface area contributed by atoms with Crippen LogP contribution in [0.3, 0.4) is 0 Å². The zero-order valence-corrected chi connectivity index (χ0v) is 34.9. The van der Waals surface area contributed by atoms with Crippen LogP contribution in [0, 0.1) is 10.8 Å².